The molecule has 1 aliphatic rings. The minimum absolute atomic E-state index is 0.225. The Labute approximate surface area is 130 Å². The fourth-order valence-corrected chi connectivity index (χ4v) is 2.28. The molecule has 118 valence electrons. The fraction of sp³-hybridized carbons (Fsp3) is 0.188. The van der Waals surface area contributed by atoms with Gasteiger partial charge < -0.3 is 19.8 Å². The van der Waals surface area contributed by atoms with Crippen molar-refractivity contribution >= 4 is 28.4 Å². The zero-order valence-electron chi connectivity index (χ0n) is 12.5. The fourth-order valence-electron chi connectivity index (χ4n) is 2.28. The molecule has 0 amide bonds. The first-order chi connectivity index (χ1) is 10.9. The molecule has 0 spiro atoms. The van der Waals surface area contributed by atoms with E-state index in [1.165, 1.54) is 26.2 Å². The van der Waals surface area contributed by atoms with E-state index < -0.39 is 17.7 Å². The summed E-state index contributed by atoms with van der Waals surface area (Å²) in [7, 11) is 0. The second kappa shape index (κ2) is 5.28. The van der Waals surface area contributed by atoms with Crippen LogP contribution < -0.4 is 10.9 Å². The van der Waals surface area contributed by atoms with E-state index in [1.807, 2.05) is 0 Å². The number of carbonyl (C=O) groups is 2. The van der Waals surface area contributed by atoms with Gasteiger partial charge in [-0.2, -0.15) is 0 Å². The lowest BCUT2D eigenvalue weighted by Crippen LogP contribution is -2.42. The molecule has 0 radical (unpaired) electrons. The first kappa shape index (κ1) is 14.8. The SMILES string of the molecule is CC1(C)OC(=O)C(=CNc2cccc3c(=O)[nH]ccc23)C(=O)O1. The summed E-state index contributed by atoms with van der Waals surface area (Å²) < 4.78 is 10.0. The highest BCUT2D eigenvalue weighted by Gasteiger charge is 2.38. The van der Waals surface area contributed by atoms with Crippen molar-refractivity contribution in [2.45, 2.75) is 19.6 Å². The molecule has 2 aromatic rings. The lowest BCUT2D eigenvalue weighted by Gasteiger charge is -2.29. The van der Waals surface area contributed by atoms with Crippen LogP contribution in [0.2, 0.25) is 0 Å². The number of anilines is 1. The maximum absolute atomic E-state index is 11.9. The van der Waals surface area contributed by atoms with Gasteiger partial charge in [0.1, 0.15) is 0 Å². The van der Waals surface area contributed by atoms with Gasteiger partial charge in [0, 0.05) is 42.7 Å². The predicted molar refractivity (Wildman–Crippen MR) is 82.5 cm³/mol. The number of benzene rings is 1. The Hall–Kier alpha value is -3.09. The average Bonchev–Trinajstić information content (AvgIpc) is 2.46. The van der Waals surface area contributed by atoms with E-state index in [9.17, 15) is 14.4 Å². The summed E-state index contributed by atoms with van der Waals surface area (Å²) in [5, 5.41) is 4.01. The average molecular weight is 314 g/mol. The van der Waals surface area contributed by atoms with E-state index in [1.54, 1.807) is 24.3 Å². The molecule has 0 unspecified atom stereocenters. The highest BCUT2D eigenvalue weighted by Crippen LogP contribution is 2.24. The lowest BCUT2D eigenvalue weighted by molar-refractivity contribution is -0.222. The van der Waals surface area contributed by atoms with Gasteiger partial charge in [-0.25, -0.2) is 9.59 Å². The summed E-state index contributed by atoms with van der Waals surface area (Å²) in [4.78, 5) is 38.1. The standard InChI is InChI=1S/C16H14N2O5/c1-16(2)22-14(20)11(15(21)23-16)8-18-12-5-3-4-10-9(12)6-7-17-13(10)19/h3-8,18H,1-2H3,(H,17,19). The molecule has 23 heavy (non-hydrogen) atoms. The minimum atomic E-state index is -1.28. The summed E-state index contributed by atoms with van der Waals surface area (Å²) in [6.45, 7) is 2.95. The van der Waals surface area contributed by atoms with Crippen LogP contribution in [0.25, 0.3) is 10.8 Å². The van der Waals surface area contributed by atoms with Crippen molar-refractivity contribution in [3.8, 4) is 0 Å². The molecule has 0 saturated carbocycles. The van der Waals surface area contributed by atoms with Gasteiger partial charge >= 0.3 is 11.9 Å². The van der Waals surface area contributed by atoms with Gasteiger partial charge in [0.2, 0.25) is 0 Å². The third-order valence-corrected chi connectivity index (χ3v) is 3.30. The Morgan fingerprint density at radius 1 is 1.04 bits per heavy atom. The lowest BCUT2D eigenvalue weighted by atomic mass is 10.1. The Bertz CT molecular complexity index is 873. The Kier molecular flexibility index (Phi) is 3.40. The van der Waals surface area contributed by atoms with Crippen LogP contribution in [0, 0.1) is 0 Å². The minimum Gasteiger partial charge on any atom is -0.419 e. The van der Waals surface area contributed by atoms with Gasteiger partial charge in [-0.15, -0.1) is 0 Å². The van der Waals surface area contributed by atoms with Crippen molar-refractivity contribution < 1.29 is 19.1 Å². The number of cyclic esters (lactones) is 2. The topological polar surface area (TPSA) is 97.5 Å². The van der Waals surface area contributed by atoms with Crippen LogP contribution in [0.3, 0.4) is 0 Å². The first-order valence-corrected chi connectivity index (χ1v) is 6.91. The van der Waals surface area contributed by atoms with Gasteiger partial charge in [0.25, 0.3) is 11.3 Å². The van der Waals surface area contributed by atoms with Crippen LogP contribution in [-0.2, 0) is 19.1 Å². The molecular weight excluding hydrogens is 300 g/mol. The number of aromatic amines is 1. The molecule has 7 nitrogen and oxygen atoms in total. The molecule has 1 aliphatic heterocycles. The zero-order chi connectivity index (χ0) is 16.6. The number of hydrogen-bond donors (Lipinski definition) is 2. The quantitative estimate of drug-likeness (QED) is 0.497. The Balaban J connectivity index is 1.95. The number of esters is 2. The molecule has 1 fully saturated rings. The molecule has 0 aliphatic carbocycles. The smallest absolute Gasteiger partial charge is 0.350 e. The summed E-state index contributed by atoms with van der Waals surface area (Å²) in [5.74, 6) is -2.81. The zero-order valence-corrected chi connectivity index (χ0v) is 12.5. The third-order valence-electron chi connectivity index (χ3n) is 3.30. The number of H-pyrrole nitrogens is 1. The van der Waals surface area contributed by atoms with Gasteiger partial charge in [0.15, 0.2) is 5.57 Å². The van der Waals surface area contributed by atoms with Gasteiger partial charge in [0.05, 0.1) is 0 Å². The number of fused-ring (bicyclic) bond motifs is 1. The number of ether oxygens (including phenoxy) is 2. The number of carbonyl (C=O) groups excluding carboxylic acids is 2. The van der Waals surface area contributed by atoms with Crippen LogP contribution >= 0.6 is 0 Å². The van der Waals surface area contributed by atoms with Crippen molar-refractivity contribution in [1.82, 2.24) is 4.98 Å². The molecule has 1 aromatic heterocycles. The van der Waals surface area contributed by atoms with Crippen LogP contribution in [0.15, 0.2) is 47.0 Å². The molecule has 3 rings (SSSR count). The summed E-state index contributed by atoms with van der Waals surface area (Å²) in [6.07, 6.45) is 2.74. The highest BCUT2D eigenvalue weighted by molar-refractivity contribution is 6.15. The van der Waals surface area contributed by atoms with Crippen molar-refractivity contribution in [3.05, 3.63) is 52.6 Å². The van der Waals surface area contributed by atoms with Crippen molar-refractivity contribution in [2.75, 3.05) is 5.32 Å². The number of pyridine rings is 1. The van der Waals surface area contributed by atoms with Crippen molar-refractivity contribution in [2.24, 2.45) is 0 Å². The van der Waals surface area contributed by atoms with Crippen LogP contribution in [-0.4, -0.2) is 22.7 Å². The number of hydrogen-bond acceptors (Lipinski definition) is 6. The van der Waals surface area contributed by atoms with E-state index in [0.717, 1.165) is 0 Å². The van der Waals surface area contributed by atoms with E-state index in [2.05, 4.69) is 10.3 Å². The van der Waals surface area contributed by atoms with E-state index in [-0.39, 0.29) is 11.1 Å². The molecule has 7 heteroatoms. The molecule has 0 bridgehead atoms. The molecule has 2 N–H and O–H groups in total. The van der Waals surface area contributed by atoms with E-state index in [0.29, 0.717) is 16.5 Å². The third kappa shape index (κ3) is 2.80. The van der Waals surface area contributed by atoms with Crippen molar-refractivity contribution in [1.29, 1.82) is 0 Å². The van der Waals surface area contributed by atoms with Crippen LogP contribution in [0.1, 0.15) is 13.8 Å². The highest BCUT2D eigenvalue weighted by atomic mass is 16.7. The number of aromatic nitrogens is 1. The molecule has 1 saturated heterocycles. The molecular formula is C16H14N2O5. The number of nitrogens with one attached hydrogen (secondary N) is 2. The Morgan fingerprint density at radius 2 is 1.74 bits per heavy atom. The summed E-state index contributed by atoms with van der Waals surface area (Å²) in [6, 6.07) is 6.82. The normalized spacial score (nSPS) is 16.7. The van der Waals surface area contributed by atoms with Gasteiger partial charge in [-0.3, -0.25) is 4.79 Å². The second-order valence-corrected chi connectivity index (χ2v) is 5.45. The predicted octanol–water partition coefficient (Wildman–Crippen LogP) is 1.66. The maximum atomic E-state index is 11.9. The van der Waals surface area contributed by atoms with Crippen LogP contribution in [0.5, 0.6) is 0 Å². The first-order valence-electron chi connectivity index (χ1n) is 6.91. The largest absolute Gasteiger partial charge is 0.419 e. The Morgan fingerprint density at radius 3 is 2.43 bits per heavy atom. The van der Waals surface area contributed by atoms with Crippen LogP contribution in [0.4, 0.5) is 5.69 Å². The van der Waals surface area contributed by atoms with E-state index in [4.69, 9.17) is 9.47 Å². The monoisotopic (exact) mass is 314 g/mol. The maximum Gasteiger partial charge on any atom is 0.350 e. The number of rotatable bonds is 2. The molecule has 0 atom stereocenters. The van der Waals surface area contributed by atoms with Gasteiger partial charge in [-0.05, 0) is 18.2 Å². The molecule has 1 aromatic carbocycles. The summed E-state index contributed by atoms with van der Waals surface area (Å²) in [5.41, 5.74) is 0.106. The summed E-state index contributed by atoms with van der Waals surface area (Å²) >= 11 is 0. The van der Waals surface area contributed by atoms with Crippen molar-refractivity contribution in [3.63, 3.8) is 0 Å². The molecule has 2 heterocycles. The second-order valence-electron chi connectivity index (χ2n) is 5.45. The van der Waals surface area contributed by atoms with Gasteiger partial charge in [-0.1, -0.05) is 6.07 Å². The van der Waals surface area contributed by atoms with E-state index >= 15 is 0 Å².